The van der Waals surface area contributed by atoms with Gasteiger partial charge in [-0.15, -0.1) is 0 Å². The van der Waals surface area contributed by atoms with Crippen LogP contribution in [0.3, 0.4) is 0 Å². The van der Waals surface area contributed by atoms with E-state index in [2.05, 4.69) is 27.0 Å². The molecule has 3 heterocycles. The molecule has 0 bridgehead atoms. The second kappa shape index (κ2) is 8.59. The van der Waals surface area contributed by atoms with Crippen molar-refractivity contribution in [2.24, 2.45) is 7.05 Å². The lowest BCUT2D eigenvalue weighted by Gasteiger charge is -2.18. The van der Waals surface area contributed by atoms with Gasteiger partial charge in [0.1, 0.15) is 12.1 Å². The van der Waals surface area contributed by atoms with E-state index in [9.17, 15) is 4.39 Å². The normalized spacial score (nSPS) is 12.1. The topological polar surface area (TPSA) is 85.3 Å². The molecule has 0 saturated heterocycles. The number of nitrogens with one attached hydrogen (secondary N) is 1. The zero-order valence-electron chi connectivity index (χ0n) is 17.7. The molecule has 7 nitrogen and oxygen atoms in total. The smallest absolute Gasteiger partial charge is 0.123 e. The molecule has 1 N–H and O–H groups in total. The summed E-state index contributed by atoms with van der Waals surface area (Å²) in [5.74, 6) is -0.292. The maximum atomic E-state index is 13.4. The van der Waals surface area contributed by atoms with Crippen molar-refractivity contribution >= 4 is 5.71 Å². The predicted molar refractivity (Wildman–Crippen MR) is 117 cm³/mol. The molecule has 1 unspecified atom stereocenters. The van der Waals surface area contributed by atoms with Crippen LogP contribution in [0.5, 0.6) is 0 Å². The van der Waals surface area contributed by atoms with Crippen LogP contribution in [-0.4, -0.2) is 35.0 Å². The summed E-state index contributed by atoms with van der Waals surface area (Å²) in [6.07, 6.45) is 7.90. The minimum atomic E-state index is -0.292. The molecular formula is C23H24FN7. The first-order chi connectivity index (χ1) is 14.9. The fourth-order valence-corrected chi connectivity index (χ4v) is 3.67. The highest BCUT2D eigenvalue weighted by molar-refractivity contribution is 5.84. The quantitative estimate of drug-likeness (QED) is 0.452. The number of nitrogens with zero attached hydrogens (tertiary/aromatic N) is 6. The third-order valence-electron chi connectivity index (χ3n) is 5.49. The highest BCUT2D eigenvalue weighted by Gasteiger charge is 2.20. The Hall–Kier alpha value is -3.68. The number of aromatic nitrogens is 6. The molecule has 0 radical (unpaired) electrons. The van der Waals surface area contributed by atoms with E-state index in [1.807, 2.05) is 35.5 Å². The lowest BCUT2D eigenvalue weighted by atomic mass is 10.0. The summed E-state index contributed by atoms with van der Waals surface area (Å²) >= 11 is 0. The first-order valence-electron chi connectivity index (χ1n) is 10.1. The highest BCUT2D eigenvalue weighted by Crippen LogP contribution is 2.33. The van der Waals surface area contributed by atoms with Gasteiger partial charge < -0.3 is 9.98 Å². The Bertz CT molecular complexity index is 1190. The Morgan fingerprint density at radius 2 is 1.94 bits per heavy atom. The van der Waals surface area contributed by atoms with Crippen LogP contribution in [0.4, 0.5) is 4.39 Å². The van der Waals surface area contributed by atoms with E-state index in [-0.39, 0.29) is 11.9 Å². The van der Waals surface area contributed by atoms with Crippen LogP contribution in [0.25, 0.3) is 22.6 Å². The third-order valence-corrected chi connectivity index (χ3v) is 5.49. The Kier molecular flexibility index (Phi) is 5.70. The Morgan fingerprint density at radius 3 is 2.58 bits per heavy atom. The summed E-state index contributed by atoms with van der Waals surface area (Å²) in [4.78, 5) is 13.1. The molecule has 1 atom stereocenters. The van der Waals surface area contributed by atoms with Crippen LogP contribution in [0.1, 0.15) is 30.6 Å². The fourth-order valence-electron chi connectivity index (χ4n) is 3.67. The van der Waals surface area contributed by atoms with Gasteiger partial charge in [-0.25, -0.2) is 19.3 Å². The number of halogens is 1. The summed E-state index contributed by atoms with van der Waals surface area (Å²) in [6.45, 7) is 4.07. The molecule has 158 valence electrons. The Balaban J connectivity index is 1.65. The van der Waals surface area contributed by atoms with E-state index in [4.69, 9.17) is 5.41 Å². The zero-order valence-corrected chi connectivity index (χ0v) is 17.7. The number of rotatable bonds is 7. The molecule has 0 aliphatic rings. The molecule has 0 saturated carbocycles. The van der Waals surface area contributed by atoms with Gasteiger partial charge in [0.15, 0.2) is 0 Å². The molecule has 0 spiro atoms. The van der Waals surface area contributed by atoms with Gasteiger partial charge >= 0.3 is 0 Å². The molecule has 8 heteroatoms. The summed E-state index contributed by atoms with van der Waals surface area (Å²) in [6, 6.07) is 8.09. The lowest BCUT2D eigenvalue weighted by molar-refractivity contribution is 0.568. The van der Waals surface area contributed by atoms with Crippen molar-refractivity contribution in [3.63, 3.8) is 0 Å². The summed E-state index contributed by atoms with van der Waals surface area (Å²) in [7, 11) is 1.90. The Morgan fingerprint density at radius 1 is 1.16 bits per heavy atom. The van der Waals surface area contributed by atoms with Gasteiger partial charge in [-0.05, 0) is 49.7 Å². The summed E-state index contributed by atoms with van der Waals surface area (Å²) in [5, 5.41) is 12.8. The van der Waals surface area contributed by atoms with E-state index in [0.717, 1.165) is 33.9 Å². The first-order valence-corrected chi connectivity index (χ1v) is 10.1. The largest absolute Gasteiger partial charge is 0.326 e. The van der Waals surface area contributed by atoms with E-state index < -0.39 is 0 Å². The van der Waals surface area contributed by atoms with Gasteiger partial charge in [0, 0.05) is 49.1 Å². The monoisotopic (exact) mass is 417 g/mol. The number of benzene rings is 1. The fraction of sp³-hybridized carbons (Fsp3) is 0.261. The number of imidazole rings is 1. The number of aryl methyl sites for hydroxylation is 1. The number of hydrogen-bond acceptors (Lipinski definition) is 5. The van der Waals surface area contributed by atoms with Crippen LogP contribution < -0.4 is 0 Å². The first kappa shape index (κ1) is 20.6. The molecule has 1 aromatic carbocycles. The maximum absolute atomic E-state index is 13.4. The van der Waals surface area contributed by atoms with Crippen molar-refractivity contribution in [2.45, 2.75) is 32.7 Å². The standard InChI is InChI=1S/C23H24FN7/c1-15(10-20(25)11-18-12-29-30(3)16(18)2)31-14-28-22(17-4-6-19(24)7-5-17)23(31)21-8-9-26-13-27-21/h4-9,12-15,25H,10-11H2,1-3H3. The molecule has 4 rings (SSSR count). The molecule has 0 amide bonds. The van der Waals surface area contributed by atoms with Gasteiger partial charge in [-0.3, -0.25) is 4.68 Å². The van der Waals surface area contributed by atoms with Crippen LogP contribution in [-0.2, 0) is 13.5 Å². The van der Waals surface area contributed by atoms with E-state index in [1.165, 1.54) is 18.5 Å². The third kappa shape index (κ3) is 4.28. The minimum Gasteiger partial charge on any atom is -0.326 e. The molecule has 3 aromatic heterocycles. The maximum Gasteiger partial charge on any atom is 0.123 e. The van der Waals surface area contributed by atoms with Gasteiger partial charge in [0.05, 0.1) is 29.6 Å². The van der Waals surface area contributed by atoms with E-state index in [1.54, 1.807) is 24.7 Å². The van der Waals surface area contributed by atoms with Crippen LogP contribution in [0.2, 0.25) is 0 Å². The Labute approximate surface area is 180 Å². The zero-order chi connectivity index (χ0) is 22.0. The number of hydrogen-bond donors (Lipinski definition) is 1. The molecular weight excluding hydrogens is 393 g/mol. The summed E-state index contributed by atoms with van der Waals surface area (Å²) in [5.41, 5.74) is 5.84. The molecule has 31 heavy (non-hydrogen) atoms. The minimum absolute atomic E-state index is 0.0175. The van der Waals surface area contributed by atoms with Crippen molar-refractivity contribution < 1.29 is 4.39 Å². The lowest BCUT2D eigenvalue weighted by Crippen LogP contribution is -2.13. The molecule has 0 aliphatic carbocycles. The highest BCUT2D eigenvalue weighted by atomic mass is 19.1. The van der Waals surface area contributed by atoms with E-state index >= 15 is 0 Å². The van der Waals surface area contributed by atoms with Crippen molar-refractivity contribution in [3.05, 3.63) is 72.5 Å². The second-order valence-electron chi connectivity index (χ2n) is 7.66. The van der Waals surface area contributed by atoms with Gasteiger partial charge in [-0.2, -0.15) is 5.10 Å². The van der Waals surface area contributed by atoms with E-state index in [0.29, 0.717) is 18.6 Å². The second-order valence-corrected chi connectivity index (χ2v) is 7.66. The van der Waals surface area contributed by atoms with Crippen molar-refractivity contribution in [1.29, 1.82) is 5.41 Å². The van der Waals surface area contributed by atoms with Crippen LogP contribution in [0, 0.1) is 18.2 Å². The van der Waals surface area contributed by atoms with Crippen LogP contribution in [0.15, 0.2) is 55.4 Å². The average Bonchev–Trinajstić information content (AvgIpc) is 3.34. The van der Waals surface area contributed by atoms with Gasteiger partial charge in [0.2, 0.25) is 0 Å². The average molecular weight is 417 g/mol. The molecule has 0 aliphatic heterocycles. The van der Waals surface area contributed by atoms with Gasteiger partial charge in [-0.1, -0.05) is 0 Å². The SMILES string of the molecule is Cc1c(CC(=N)CC(C)n2cnc(-c3ccc(F)cc3)c2-c2ccncn2)cnn1C. The predicted octanol–water partition coefficient (Wildman–Crippen LogP) is 4.40. The van der Waals surface area contributed by atoms with Gasteiger partial charge in [0.25, 0.3) is 0 Å². The molecule has 0 fully saturated rings. The van der Waals surface area contributed by atoms with Crippen LogP contribution >= 0.6 is 0 Å². The van der Waals surface area contributed by atoms with Crippen molar-refractivity contribution in [3.8, 4) is 22.6 Å². The molecule has 4 aromatic rings. The van der Waals surface area contributed by atoms with Crippen molar-refractivity contribution in [2.75, 3.05) is 0 Å². The summed E-state index contributed by atoms with van der Waals surface area (Å²) < 4.78 is 17.3. The van der Waals surface area contributed by atoms with Crippen molar-refractivity contribution in [1.82, 2.24) is 29.3 Å².